The molecule has 0 bridgehead atoms. The smallest absolute Gasteiger partial charge is 0.315 e. The van der Waals surface area contributed by atoms with Gasteiger partial charge in [0, 0.05) is 24.4 Å². The first kappa shape index (κ1) is 15.0. The summed E-state index contributed by atoms with van der Waals surface area (Å²) in [5.41, 5.74) is 0.673. The van der Waals surface area contributed by atoms with Gasteiger partial charge in [0.2, 0.25) is 0 Å². The molecule has 1 atom stereocenters. The van der Waals surface area contributed by atoms with Crippen molar-refractivity contribution in [1.82, 2.24) is 10.6 Å². The maximum atomic E-state index is 13.3. The van der Waals surface area contributed by atoms with Crippen LogP contribution in [0.5, 0.6) is 5.75 Å². The second-order valence-electron chi connectivity index (χ2n) is 4.70. The monoisotopic (exact) mass is 298 g/mol. The van der Waals surface area contributed by atoms with E-state index in [0.29, 0.717) is 23.1 Å². The van der Waals surface area contributed by atoms with Crippen LogP contribution in [-0.2, 0) is 6.54 Å². The minimum atomic E-state index is -0.371. The molecule has 2 rings (SSSR count). The van der Waals surface area contributed by atoms with Gasteiger partial charge in [-0.25, -0.2) is 9.18 Å². The Morgan fingerprint density at radius 3 is 3.00 bits per heavy atom. The summed E-state index contributed by atoms with van der Waals surface area (Å²) in [5.74, 6) is 1.25. The lowest BCUT2D eigenvalue weighted by Gasteiger charge is -2.11. The van der Waals surface area contributed by atoms with E-state index in [1.807, 2.05) is 11.8 Å². The molecule has 1 aromatic carbocycles. The number of halogens is 1. The molecule has 1 aromatic rings. The van der Waals surface area contributed by atoms with Crippen molar-refractivity contribution >= 4 is 17.8 Å². The van der Waals surface area contributed by atoms with E-state index in [0.717, 1.165) is 6.42 Å². The third-order valence-corrected chi connectivity index (χ3v) is 4.53. The van der Waals surface area contributed by atoms with E-state index in [-0.39, 0.29) is 18.4 Å². The van der Waals surface area contributed by atoms with Crippen LogP contribution in [0.15, 0.2) is 18.2 Å². The number of carbonyl (C=O) groups excluding carboxylic acids is 1. The van der Waals surface area contributed by atoms with E-state index >= 15 is 0 Å². The van der Waals surface area contributed by atoms with Gasteiger partial charge >= 0.3 is 6.03 Å². The van der Waals surface area contributed by atoms with Gasteiger partial charge in [0.05, 0.1) is 7.11 Å². The number of nitrogens with one attached hydrogen (secondary N) is 2. The molecular formula is C14H19FN2O2S. The Morgan fingerprint density at radius 1 is 1.45 bits per heavy atom. The van der Waals surface area contributed by atoms with Gasteiger partial charge in [-0.2, -0.15) is 11.8 Å². The van der Waals surface area contributed by atoms with Crippen molar-refractivity contribution in [3.8, 4) is 5.75 Å². The fourth-order valence-corrected chi connectivity index (χ4v) is 3.30. The number of amides is 2. The minimum absolute atomic E-state index is 0.222. The van der Waals surface area contributed by atoms with Gasteiger partial charge in [0.1, 0.15) is 11.6 Å². The fraction of sp³-hybridized carbons (Fsp3) is 0.500. The number of urea groups is 1. The second kappa shape index (κ2) is 7.38. The highest BCUT2D eigenvalue weighted by Gasteiger charge is 2.15. The minimum Gasteiger partial charge on any atom is -0.497 e. The molecule has 0 aliphatic carbocycles. The lowest BCUT2D eigenvalue weighted by Crippen LogP contribution is -2.38. The quantitative estimate of drug-likeness (QED) is 0.878. The predicted octanol–water partition coefficient (Wildman–Crippen LogP) is 2.53. The second-order valence-corrected chi connectivity index (χ2v) is 6.11. The molecule has 1 aliphatic heterocycles. The lowest BCUT2D eigenvalue weighted by molar-refractivity contribution is 0.240. The number of benzene rings is 1. The van der Waals surface area contributed by atoms with Crippen LogP contribution in [-0.4, -0.2) is 30.7 Å². The highest BCUT2D eigenvalue weighted by atomic mass is 32.2. The third-order valence-electron chi connectivity index (χ3n) is 3.13. The molecule has 1 fully saturated rings. The van der Waals surface area contributed by atoms with Gasteiger partial charge in [-0.3, -0.25) is 0 Å². The number of carbonyl (C=O) groups is 1. The molecule has 1 aliphatic rings. The van der Waals surface area contributed by atoms with Crippen molar-refractivity contribution < 1.29 is 13.9 Å². The van der Waals surface area contributed by atoms with Crippen LogP contribution in [0.4, 0.5) is 9.18 Å². The molecule has 1 unspecified atom stereocenters. The largest absolute Gasteiger partial charge is 0.497 e. The van der Waals surface area contributed by atoms with Crippen LogP contribution in [0, 0.1) is 5.82 Å². The Morgan fingerprint density at radius 2 is 2.30 bits per heavy atom. The van der Waals surface area contributed by atoms with Crippen LogP contribution in [0.25, 0.3) is 0 Å². The summed E-state index contributed by atoms with van der Waals surface area (Å²) < 4.78 is 18.3. The van der Waals surface area contributed by atoms with Crippen LogP contribution < -0.4 is 15.4 Å². The third kappa shape index (κ3) is 4.59. The van der Waals surface area contributed by atoms with Gasteiger partial charge in [0.15, 0.2) is 0 Å². The van der Waals surface area contributed by atoms with Crippen LogP contribution in [0.3, 0.4) is 0 Å². The zero-order valence-corrected chi connectivity index (χ0v) is 12.3. The van der Waals surface area contributed by atoms with E-state index in [1.165, 1.54) is 31.4 Å². The molecule has 2 amide bonds. The van der Waals surface area contributed by atoms with Crippen molar-refractivity contribution in [1.29, 1.82) is 0 Å². The van der Waals surface area contributed by atoms with Gasteiger partial charge in [0.25, 0.3) is 0 Å². The Kier molecular flexibility index (Phi) is 5.52. The SMILES string of the molecule is COc1cc(F)cc(CNC(=O)NCC2CCCS2)c1. The first-order valence-electron chi connectivity index (χ1n) is 6.64. The summed E-state index contributed by atoms with van der Waals surface area (Å²) in [4.78, 5) is 11.7. The van der Waals surface area contributed by atoms with E-state index in [4.69, 9.17) is 4.74 Å². The molecule has 110 valence electrons. The molecular weight excluding hydrogens is 279 g/mol. The highest BCUT2D eigenvalue weighted by molar-refractivity contribution is 8.00. The van der Waals surface area contributed by atoms with E-state index in [9.17, 15) is 9.18 Å². The normalized spacial score (nSPS) is 17.8. The average Bonchev–Trinajstić information content (AvgIpc) is 2.95. The summed E-state index contributed by atoms with van der Waals surface area (Å²) in [7, 11) is 1.48. The molecule has 6 heteroatoms. The Hall–Kier alpha value is -1.43. The molecule has 0 aromatic heterocycles. The summed E-state index contributed by atoms with van der Waals surface area (Å²) >= 11 is 1.90. The number of hydrogen-bond donors (Lipinski definition) is 2. The zero-order valence-electron chi connectivity index (χ0n) is 11.4. The first-order valence-corrected chi connectivity index (χ1v) is 7.69. The summed E-state index contributed by atoms with van der Waals surface area (Å²) in [6, 6.07) is 4.17. The van der Waals surface area contributed by atoms with E-state index in [1.54, 1.807) is 6.07 Å². The molecule has 0 saturated carbocycles. The standard InChI is InChI=1S/C14H19FN2O2S/c1-19-12-6-10(5-11(15)7-12)8-16-14(18)17-9-13-3-2-4-20-13/h5-7,13H,2-4,8-9H2,1H3,(H2,16,17,18). The lowest BCUT2D eigenvalue weighted by atomic mass is 10.2. The van der Waals surface area contributed by atoms with Gasteiger partial charge in [-0.05, 0) is 36.3 Å². The number of rotatable bonds is 5. The first-order chi connectivity index (χ1) is 9.67. The zero-order chi connectivity index (χ0) is 14.4. The maximum absolute atomic E-state index is 13.3. The maximum Gasteiger partial charge on any atom is 0.315 e. The number of thioether (sulfide) groups is 1. The highest BCUT2D eigenvalue weighted by Crippen LogP contribution is 2.25. The topological polar surface area (TPSA) is 50.4 Å². The molecule has 20 heavy (non-hydrogen) atoms. The predicted molar refractivity (Wildman–Crippen MR) is 78.7 cm³/mol. The van der Waals surface area contributed by atoms with Gasteiger partial charge in [-0.1, -0.05) is 0 Å². The van der Waals surface area contributed by atoms with Crippen LogP contribution >= 0.6 is 11.8 Å². The number of hydrogen-bond acceptors (Lipinski definition) is 3. The van der Waals surface area contributed by atoms with Crippen LogP contribution in [0.2, 0.25) is 0 Å². The number of ether oxygens (including phenoxy) is 1. The Labute approximate surface area is 122 Å². The van der Waals surface area contributed by atoms with E-state index in [2.05, 4.69) is 10.6 Å². The average molecular weight is 298 g/mol. The van der Waals surface area contributed by atoms with Gasteiger partial charge < -0.3 is 15.4 Å². The fourth-order valence-electron chi connectivity index (χ4n) is 2.10. The Balaban J connectivity index is 1.76. The molecule has 2 N–H and O–H groups in total. The van der Waals surface area contributed by atoms with Gasteiger partial charge in [-0.15, -0.1) is 0 Å². The summed E-state index contributed by atoms with van der Waals surface area (Å²) in [6.07, 6.45) is 2.38. The van der Waals surface area contributed by atoms with E-state index < -0.39 is 0 Å². The van der Waals surface area contributed by atoms with Crippen molar-refractivity contribution in [2.24, 2.45) is 0 Å². The van der Waals surface area contributed by atoms with Crippen molar-refractivity contribution in [2.75, 3.05) is 19.4 Å². The van der Waals surface area contributed by atoms with Crippen molar-refractivity contribution in [3.05, 3.63) is 29.6 Å². The molecule has 0 radical (unpaired) electrons. The summed E-state index contributed by atoms with van der Waals surface area (Å²) in [5, 5.41) is 6.09. The summed E-state index contributed by atoms with van der Waals surface area (Å²) in [6.45, 7) is 0.959. The molecule has 0 spiro atoms. The molecule has 4 nitrogen and oxygen atoms in total. The van der Waals surface area contributed by atoms with Crippen molar-refractivity contribution in [3.63, 3.8) is 0 Å². The Bertz CT molecular complexity index is 464. The van der Waals surface area contributed by atoms with Crippen LogP contribution in [0.1, 0.15) is 18.4 Å². The number of methoxy groups -OCH3 is 1. The van der Waals surface area contributed by atoms with Crippen molar-refractivity contribution in [2.45, 2.75) is 24.6 Å². The molecule has 1 saturated heterocycles. The molecule has 1 heterocycles.